The van der Waals surface area contributed by atoms with Crippen LogP contribution in [0.4, 0.5) is 5.69 Å². The molecule has 0 aliphatic carbocycles. The molecule has 0 saturated carbocycles. The Morgan fingerprint density at radius 1 is 1.12 bits per heavy atom. The van der Waals surface area contributed by atoms with Gasteiger partial charge in [0.25, 0.3) is 11.8 Å². The summed E-state index contributed by atoms with van der Waals surface area (Å²) in [6.45, 7) is 0. The predicted octanol–water partition coefficient (Wildman–Crippen LogP) is 0.387. The Kier molecular flexibility index (Phi) is 1.64. The van der Waals surface area contributed by atoms with E-state index in [2.05, 4.69) is 15.4 Å². The van der Waals surface area contributed by atoms with Gasteiger partial charge in [-0.15, -0.1) is 5.10 Å². The Balaban J connectivity index is 2.12. The smallest absolute Gasteiger partial charge is 0.258 e. The van der Waals surface area contributed by atoms with E-state index in [9.17, 15) is 9.59 Å². The molecule has 0 fully saturated rings. The van der Waals surface area contributed by atoms with E-state index in [1.807, 2.05) is 0 Å². The lowest BCUT2D eigenvalue weighted by Gasteiger charge is -2.12. The monoisotopic (exact) mass is 214 g/mol. The molecule has 2 amide bonds. The molecule has 2 aromatic rings. The van der Waals surface area contributed by atoms with Gasteiger partial charge in [-0.1, -0.05) is 5.21 Å². The first-order valence-corrected chi connectivity index (χ1v) is 4.62. The maximum absolute atomic E-state index is 11.4. The average Bonchev–Trinajstić information content (AvgIpc) is 2.85. The van der Waals surface area contributed by atoms with Gasteiger partial charge in [-0.25, -0.2) is 4.90 Å². The molecule has 3 rings (SSSR count). The molecule has 0 saturated heterocycles. The molecular weight excluding hydrogens is 208 g/mol. The van der Waals surface area contributed by atoms with E-state index in [4.69, 9.17) is 0 Å². The first kappa shape index (κ1) is 8.78. The number of benzene rings is 1. The Morgan fingerprint density at radius 3 is 2.62 bits per heavy atom. The first-order valence-electron chi connectivity index (χ1n) is 4.62. The summed E-state index contributed by atoms with van der Waals surface area (Å²) in [5.74, 6) is -0.680. The molecule has 1 aliphatic heterocycles. The Morgan fingerprint density at radius 2 is 1.88 bits per heavy atom. The van der Waals surface area contributed by atoms with Crippen molar-refractivity contribution in [2.45, 2.75) is 0 Å². The number of imide groups is 1. The minimum atomic E-state index is -0.340. The number of carbonyl (C=O) groups excluding carboxylic acids is 2. The number of rotatable bonds is 1. The van der Waals surface area contributed by atoms with Crippen LogP contribution in [0.25, 0.3) is 11.0 Å². The van der Waals surface area contributed by atoms with Crippen LogP contribution in [0.1, 0.15) is 0 Å². The minimum absolute atomic E-state index is 0.340. The van der Waals surface area contributed by atoms with Crippen molar-refractivity contribution in [3.63, 3.8) is 0 Å². The third-order valence-corrected chi connectivity index (χ3v) is 2.38. The predicted molar refractivity (Wildman–Crippen MR) is 55.5 cm³/mol. The van der Waals surface area contributed by atoms with Crippen LogP contribution in [-0.2, 0) is 9.59 Å². The van der Waals surface area contributed by atoms with Crippen molar-refractivity contribution in [1.82, 2.24) is 15.4 Å². The lowest BCUT2D eigenvalue weighted by Crippen LogP contribution is -2.29. The van der Waals surface area contributed by atoms with Crippen LogP contribution < -0.4 is 4.90 Å². The van der Waals surface area contributed by atoms with Gasteiger partial charge in [0, 0.05) is 12.2 Å². The van der Waals surface area contributed by atoms with E-state index in [-0.39, 0.29) is 11.8 Å². The summed E-state index contributed by atoms with van der Waals surface area (Å²) in [5.41, 5.74) is 1.88. The average molecular weight is 214 g/mol. The van der Waals surface area contributed by atoms with Gasteiger partial charge in [-0.05, 0) is 18.2 Å². The van der Waals surface area contributed by atoms with Gasteiger partial charge < -0.3 is 0 Å². The molecule has 1 aromatic heterocycles. The second kappa shape index (κ2) is 2.99. The third-order valence-electron chi connectivity index (χ3n) is 2.38. The molecule has 1 aliphatic rings. The highest BCUT2D eigenvalue weighted by Gasteiger charge is 2.25. The van der Waals surface area contributed by atoms with Gasteiger partial charge in [0.1, 0.15) is 5.52 Å². The van der Waals surface area contributed by atoms with Gasteiger partial charge in [0.2, 0.25) is 0 Å². The molecule has 16 heavy (non-hydrogen) atoms. The molecule has 1 aromatic carbocycles. The quantitative estimate of drug-likeness (QED) is 0.696. The molecule has 78 valence electrons. The summed E-state index contributed by atoms with van der Waals surface area (Å²) in [7, 11) is 0. The van der Waals surface area contributed by atoms with Gasteiger partial charge in [-0.3, -0.25) is 14.7 Å². The summed E-state index contributed by atoms with van der Waals surface area (Å²) in [5, 5.41) is 10.1. The number of H-pyrrole nitrogens is 1. The number of hydrogen-bond acceptors (Lipinski definition) is 4. The van der Waals surface area contributed by atoms with Crippen molar-refractivity contribution < 1.29 is 9.59 Å². The fourth-order valence-corrected chi connectivity index (χ4v) is 1.62. The topological polar surface area (TPSA) is 79.0 Å². The van der Waals surface area contributed by atoms with Crippen LogP contribution >= 0.6 is 0 Å². The second-order valence-electron chi connectivity index (χ2n) is 3.36. The standard InChI is InChI=1S/C10H6N4O2/c15-9-3-4-10(16)14(9)6-1-2-7-8(5-6)12-13-11-7/h1-5H,(H,11,12,13). The maximum atomic E-state index is 11.4. The zero-order chi connectivity index (χ0) is 11.1. The number of fused-ring (bicyclic) bond motifs is 1. The van der Waals surface area contributed by atoms with Gasteiger partial charge in [-0.2, -0.15) is 0 Å². The van der Waals surface area contributed by atoms with E-state index < -0.39 is 0 Å². The Labute approximate surface area is 89.5 Å². The molecular formula is C10H6N4O2. The highest BCUT2D eigenvalue weighted by Crippen LogP contribution is 2.22. The van der Waals surface area contributed by atoms with Crippen LogP contribution in [0, 0.1) is 0 Å². The SMILES string of the molecule is O=C1C=CC(=O)N1c1ccc2[nH]nnc2c1. The van der Waals surface area contributed by atoms with E-state index in [0.29, 0.717) is 11.2 Å². The fourth-order valence-electron chi connectivity index (χ4n) is 1.62. The Hall–Kier alpha value is -2.50. The van der Waals surface area contributed by atoms with Crippen molar-refractivity contribution in [2.75, 3.05) is 4.90 Å². The number of nitrogens with zero attached hydrogens (tertiary/aromatic N) is 3. The van der Waals surface area contributed by atoms with E-state index in [1.54, 1.807) is 18.2 Å². The second-order valence-corrected chi connectivity index (χ2v) is 3.36. The molecule has 6 nitrogen and oxygen atoms in total. The van der Waals surface area contributed by atoms with Gasteiger partial charge in [0.15, 0.2) is 0 Å². The maximum Gasteiger partial charge on any atom is 0.258 e. The lowest BCUT2D eigenvalue weighted by molar-refractivity contribution is -0.119. The number of aromatic nitrogens is 3. The van der Waals surface area contributed by atoms with Crippen molar-refractivity contribution in [3.8, 4) is 0 Å². The van der Waals surface area contributed by atoms with Crippen LogP contribution in [0.2, 0.25) is 0 Å². The molecule has 0 spiro atoms. The number of amides is 2. The summed E-state index contributed by atoms with van der Waals surface area (Å²) >= 11 is 0. The molecule has 6 heteroatoms. The summed E-state index contributed by atoms with van der Waals surface area (Å²) in [6.07, 6.45) is 2.49. The highest BCUT2D eigenvalue weighted by atomic mass is 16.2. The van der Waals surface area contributed by atoms with Crippen molar-refractivity contribution in [2.24, 2.45) is 0 Å². The van der Waals surface area contributed by atoms with Crippen LogP contribution in [0.3, 0.4) is 0 Å². The van der Waals surface area contributed by atoms with Crippen molar-refractivity contribution >= 4 is 28.5 Å². The summed E-state index contributed by atoms with van der Waals surface area (Å²) in [4.78, 5) is 24.0. The van der Waals surface area contributed by atoms with E-state index in [1.165, 1.54) is 12.2 Å². The lowest BCUT2D eigenvalue weighted by atomic mass is 10.2. The van der Waals surface area contributed by atoms with Gasteiger partial charge in [0.05, 0.1) is 11.2 Å². The Bertz CT molecular complexity index is 611. The molecule has 0 unspecified atom stereocenters. The van der Waals surface area contributed by atoms with Crippen LogP contribution in [0.5, 0.6) is 0 Å². The van der Waals surface area contributed by atoms with Crippen molar-refractivity contribution in [3.05, 3.63) is 30.4 Å². The molecule has 0 radical (unpaired) electrons. The minimum Gasteiger partial charge on any atom is -0.269 e. The third kappa shape index (κ3) is 1.13. The molecule has 2 heterocycles. The normalized spacial score (nSPS) is 15.4. The highest BCUT2D eigenvalue weighted by molar-refractivity contribution is 6.28. The van der Waals surface area contributed by atoms with E-state index in [0.717, 1.165) is 10.4 Å². The van der Waals surface area contributed by atoms with E-state index >= 15 is 0 Å². The number of nitrogens with one attached hydrogen (secondary N) is 1. The van der Waals surface area contributed by atoms with Gasteiger partial charge >= 0.3 is 0 Å². The summed E-state index contributed by atoms with van der Waals surface area (Å²) < 4.78 is 0. The zero-order valence-corrected chi connectivity index (χ0v) is 8.04. The number of carbonyl (C=O) groups is 2. The van der Waals surface area contributed by atoms with Crippen molar-refractivity contribution in [1.29, 1.82) is 0 Å². The zero-order valence-electron chi connectivity index (χ0n) is 8.04. The molecule has 1 N–H and O–H groups in total. The number of anilines is 1. The summed E-state index contributed by atoms with van der Waals surface area (Å²) in [6, 6.07) is 5.04. The van der Waals surface area contributed by atoms with Crippen LogP contribution in [0.15, 0.2) is 30.4 Å². The molecule has 0 atom stereocenters. The molecule has 0 bridgehead atoms. The fraction of sp³-hybridized carbons (Fsp3) is 0. The number of aromatic amines is 1. The van der Waals surface area contributed by atoms with Crippen LogP contribution in [-0.4, -0.2) is 27.2 Å². The first-order chi connectivity index (χ1) is 7.75. The largest absolute Gasteiger partial charge is 0.269 e. The number of hydrogen-bond donors (Lipinski definition) is 1.